The van der Waals surface area contributed by atoms with Crippen LogP contribution in [0.2, 0.25) is 10.0 Å². The minimum absolute atomic E-state index is 0.671. The summed E-state index contributed by atoms with van der Waals surface area (Å²) in [6.45, 7) is 6.24. The standard InChI is InChI=1S/C25H32Cl2N2O/c26-23-8-6-22(25(27)16-23)17-28-10-3-13-30-24-9-7-20-14-19(4-5-21(20)15-24)18-29-11-1-2-12-29/h6-9,15-16,19,28H,1-5,10-14,17-18H2. The lowest BCUT2D eigenvalue weighted by molar-refractivity contribution is 0.261. The van der Waals surface area contributed by atoms with Crippen molar-refractivity contribution in [2.75, 3.05) is 32.8 Å². The highest BCUT2D eigenvalue weighted by atomic mass is 35.5. The first-order chi connectivity index (χ1) is 14.7. The van der Waals surface area contributed by atoms with Crippen molar-refractivity contribution in [2.45, 2.75) is 45.1 Å². The van der Waals surface area contributed by atoms with E-state index in [0.717, 1.165) is 43.3 Å². The van der Waals surface area contributed by atoms with Gasteiger partial charge in [0.25, 0.3) is 0 Å². The van der Waals surface area contributed by atoms with E-state index in [0.29, 0.717) is 10.0 Å². The van der Waals surface area contributed by atoms with Crippen molar-refractivity contribution in [3.8, 4) is 5.75 Å². The first-order valence-electron chi connectivity index (χ1n) is 11.3. The summed E-state index contributed by atoms with van der Waals surface area (Å²) in [4.78, 5) is 2.65. The molecule has 1 heterocycles. The Labute approximate surface area is 190 Å². The van der Waals surface area contributed by atoms with Crippen molar-refractivity contribution < 1.29 is 4.74 Å². The Kier molecular flexibility index (Phi) is 7.95. The molecular weight excluding hydrogens is 415 g/mol. The molecule has 0 spiro atoms. The zero-order chi connectivity index (χ0) is 20.8. The molecule has 1 unspecified atom stereocenters. The molecule has 0 saturated carbocycles. The molecule has 30 heavy (non-hydrogen) atoms. The number of rotatable bonds is 9. The molecule has 1 atom stereocenters. The lowest BCUT2D eigenvalue weighted by Crippen LogP contribution is -2.30. The average Bonchev–Trinajstić information content (AvgIpc) is 3.25. The maximum atomic E-state index is 6.21. The number of hydrogen-bond donors (Lipinski definition) is 1. The van der Waals surface area contributed by atoms with Crippen molar-refractivity contribution in [1.82, 2.24) is 10.2 Å². The molecule has 2 aromatic rings. The molecule has 0 bridgehead atoms. The second-order valence-corrected chi connectivity index (χ2v) is 9.51. The van der Waals surface area contributed by atoms with Gasteiger partial charge in [-0.05, 0) is 105 Å². The van der Waals surface area contributed by atoms with Gasteiger partial charge in [0, 0.05) is 23.1 Å². The lowest BCUT2D eigenvalue weighted by atomic mass is 9.83. The summed E-state index contributed by atoms with van der Waals surface area (Å²) < 4.78 is 6.01. The topological polar surface area (TPSA) is 24.5 Å². The van der Waals surface area contributed by atoms with Gasteiger partial charge >= 0.3 is 0 Å². The number of aryl methyl sites for hydroxylation is 1. The SMILES string of the molecule is Clc1ccc(CNCCCOc2ccc3c(c2)CCC(CN2CCCC2)C3)c(Cl)c1. The van der Waals surface area contributed by atoms with Crippen LogP contribution >= 0.6 is 23.2 Å². The molecule has 1 aliphatic heterocycles. The van der Waals surface area contributed by atoms with Gasteiger partial charge in [-0.15, -0.1) is 0 Å². The lowest BCUT2D eigenvalue weighted by Gasteiger charge is -2.28. The monoisotopic (exact) mass is 446 g/mol. The fourth-order valence-corrected chi connectivity index (χ4v) is 5.13. The Morgan fingerprint density at radius 1 is 1.03 bits per heavy atom. The number of ether oxygens (including phenoxy) is 1. The van der Waals surface area contributed by atoms with Crippen molar-refractivity contribution in [3.05, 3.63) is 63.1 Å². The predicted octanol–water partition coefficient (Wildman–Crippen LogP) is 5.75. The molecule has 3 nitrogen and oxygen atoms in total. The van der Waals surface area contributed by atoms with Crippen LogP contribution in [0.5, 0.6) is 5.75 Å². The zero-order valence-electron chi connectivity index (χ0n) is 17.6. The first-order valence-corrected chi connectivity index (χ1v) is 12.0. The molecule has 1 saturated heterocycles. The highest BCUT2D eigenvalue weighted by Gasteiger charge is 2.22. The van der Waals surface area contributed by atoms with Gasteiger partial charge in [0.15, 0.2) is 0 Å². The Bertz CT molecular complexity index is 836. The Hall–Kier alpha value is -1.26. The van der Waals surface area contributed by atoms with Crippen molar-refractivity contribution in [3.63, 3.8) is 0 Å². The van der Waals surface area contributed by atoms with Crippen LogP contribution in [-0.2, 0) is 19.4 Å². The summed E-state index contributed by atoms with van der Waals surface area (Å²) in [5, 5.41) is 4.80. The number of likely N-dealkylation sites (tertiary alicyclic amines) is 1. The first kappa shape index (κ1) is 22.0. The second-order valence-electron chi connectivity index (χ2n) is 8.66. The minimum atomic E-state index is 0.671. The molecule has 4 rings (SSSR count). The average molecular weight is 447 g/mol. The molecule has 2 aliphatic rings. The molecule has 1 fully saturated rings. The van der Waals surface area contributed by atoms with E-state index in [9.17, 15) is 0 Å². The van der Waals surface area contributed by atoms with Crippen LogP contribution < -0.4 is 10.1 Å². The van der Waals surface area contributed by atoms with Gasteiger partial charge in [0.2, 0.25) is 0 Å². The molecule has 1 N–H and O–H groups in total. The van der Waals surface area contributed by atoms with E-state index in [1.165, 1.54) is 62.9 Å². The van der Waals surface area contributed by atoms with Crippen LogP contribution in [0, 0.1) is 5.92 Å². The summed E-state index contributed by atoms with van der Waals surface area (Å²) in [6, 6.07) is 12.3. The van der Waals surface area contributed by atoms with E-state index in [1.54, 1.807) is 6.07 Å². The summed E-state index contributed by atoms with van der Waals surface area (Å²) in [5.41, 5.74) is 4.08. The minimum Gasteiger partial charge on any atom is -0.494 e. The Balaban J connectivity index is 1.16. The summed E-state index contributed by atoms with van der Waals surface area (Å²) in [6.07, 6.45) is 7.45. The predicted molar refractivity (Wildman–Crippen MR) is 126 cm³/mol. The molecule has 0 radical (unpaired) electrons. The summed E-state index contributed by atoms with van der Waals surface area (Å²) >= 11 is 12.1. The van der Waals surface area contributed by atoms with Gasteiger partial charge in [0.05, 0.1) is 6.61 Å². The van der Waals surface area contributed by atoms with E-state index in [1.807, 2.05) is 12.1 Å². The van der Waals surface area contributed by atoms with Crippen LogP contribution in [0.25, 0.3) is 0 Å². The van der Waals surface area contributed by atoms with Crippen molar-refractivity contribution in [2.24, 2.45) is 5.92 Å². The van der Waals surface area contributed by atoms with E-state index < -0.39 is 0 Å². The third-order valence-corrected chi connectivity index (χ3v) is 6.91. The molecular formula is C25H32Cl2N2O. The maximum absolute atomic E-state index is 6.21. The van der Waals surface area contributed by atoms with Crippen LogP contribution in [0.4, 0.5) is 0 Å². The number of nitrogens with zero attached hydrogens (tertiary/aromatic N) is 1. The van der Waals surface area contributed by atoms with Gasteiger partial charge in [-0.2, -0.15) is 0 Å². The van der Waals surface area contributed by atoms with Gasteiger partial charge < -0.3 is 15.0 Å². The normalized spacial score (nSPS) is 19.1. The largest absolute Gasteiger partial charge is 0.494 e. The highest BCUT2D eigenvalue weighted by molar-refractivity contribution is 6.35. The number of fused-ring (bicyclic) bond motifs is 1. The van der Waals surface area contributed by atoms with Gasteiger partial charge in [-0.3, -0.25) is 0 Å². The molecule has 0 amide bonds. The summed E-state index contributed by atoms with van der Waals surface area (Å²) in [7, 11) is 0. The third-order valence-electron chi connectivity index (χ3n) is 6.32. The Morgan fingerprint density at radius 3 is 2.73 bits per heavy atom. The molecule has 2 aromatic carbocycles. The smallest absolute Gasteiger partial charge is 0.119 e. The summed E-state index contributed by atoms with van der Waals surface area (Å²) in [5.74, 6) is 1.83. The third kappa shape index (κ3) is 6.13. The van der Waals surface area contributed by atoms with Gasteiger partial charge in [-0.25, -0.2) is 0 Å². The fraction of sp³-hybridized carbons (Fsp3) is 0.520. The zero-order valence-corrected chi connectivity index (χ0v) is 19.1. The van der Waals surface area contributed by atoms with E-state index in [2.05, 4.69) is 28.4 Å². The van der Waals surface area contributed by atoms with Crippen LogP contribution in [-0.4, -0.2) is 37.7 Å². The quantitative estimate of drug-likeness (QED) is 0.495. The van der Waals surface area contributed by atoms with E-state index >= 15 is 0 Å². The Morgan fingerprint density at radius 2 is 1.90 bits per heavy atom. The fourth-order valence-electron chi connectivity index (χ4n) is 4.66. The number of hydrogen-bond acceptors (Lipinski definition) is 3. The van der Waals surface area contributed by atoms with Crippen LogP contribution in [0.15, 0.2) is 36.4 Å². The second kappa shape index (κ2) is 10.9. The van der Waals surface area contributed by atoms with Crippen LogP contribution in [0.3, 0.4) is 0 Å². The molecule has 5 heteroatoms. The van der Waals surface area contributed by atoms with Gasteiger partial charge in [-0.1, -0.05) is 35.3 Å². The van der Waals surface area contributed by atoms with Gasteiger partial charge in [0.1, 0.15) is 5.75 Å². The maximum Gasteiger partial charge on any atom is 0.119 e. The van der Waals surface area contributed by atoms with Crippen molar-refractivity contribution >= 4 is 23.2 Å². The highest BCUT2D eigenvalue weighted by Crippen LogP contribution is 2.30. The van der Waals surface area contributed by atoms with E-state index in [-0.39, 0.29) is 0 Å². The molecule has 0 aromatic heterocycles. The van der Waals surface area contributed by atoms with Crippen molar-refractivity contribution in [1.29, 1.82) is 0 Å². The number of benzene rings is 2. The number of nitrogens with one attached hydrogen (secondary N) is 1. The molecule has 1 aliphatic carbocycles. The molecule has 162 valence electrons. The van der Waals surface area contributed by atoms with E-state index in [4.69, 9.17) is 27.9 Å². The number of halogens is 2. The van der Waals surface area contributed by atoms with Crippen LogP contribution in [0.1, 0.15) is 42.4 Å².